The molecule has 0 fully saturated rings. The number of carbonyl (C=O) groups is 1. The number of nitrogens with one attached hydrogen (secondary N) is 1. The molecule has 0 saturated heterocycles. The fourth-order valence-corrected chi connectivity index (χ4v) is 2.22. The molecule has 0 atom stereocenters. The molecule has 0 aliphatic carbocycles. The second-order valence-electron chi connectivity index (χ2n) is 4.79. The van der Waals surface area contributed by atoms with E-state index in [1.807, 2.05) is 0 Å². The van der Waals surface area contributed by atoms with E-state index in [0.717, 1.165) is 5.56 Å². The Morgan fingerprint density at radius 1 is 1.20 bits per heavy atom. The van der Waals surface area contributed by atoms with Gasteiger partial charge in [-0.25, -0.2) is 0 Å². The minimum Gasteiger partial charge on any atom is -0.493 e. The lowest BCUT2D eigenvalue weighted by Gasteiger charge is -2.13. The minimum absolute atomic E-state index is 0.250. The summed E-state index contributed by atoms with van der Waals surface area (Å²) in [5, 5.41) is 2.40. The Bertz CT molecular complexity index is 712. The first-order valence-corrected chi connectivity index (χ1v) is 8.06. The van der Waals surface area contributed by atoms with Crippen molar-refractivity contribution in [2.75, 3.05) is 18.2 Å². The monoisotopic (exact) mass is 372 g/mol. The molecule has 0 radical (unpaired) electrons. The van der Waals surface area contributed by atoms with Gasteiger partial charge in [-0.15, -0.1) is 0 Å². The van der Waals surface area contributed by atoms with Crippen LogP contribution in [-0.2, 0) is 11.4 Å². The fraction of sp³-hybridized carbons (Fsp3) is 0.250. The molecular weight excluding hydrogens is 357 g/mol. The summed E-state index contributed by atoms with van der Waals surface area (Å²) in [6, 6.07) is 8.15. The summed E-state index contributed by atoms with van der Waals surface area (Å²) < 4.78 is 47.2. The molecule has 0 unspecified atom stereocenters. The third kappa shape index (κ3) is 6.54. The molecule has 0 aliphatic rings. The lowest BCUT2D eigenvalue weighted by Crippen LogP contribution is -2.17. The van der Waals surface area contributed by atoms with E-state index in [4.69, 9.17) is 9.47 Å². The average molecular weight is 372 g/mol. The average Bonchev–Trinajstić information content (AvgIpc) is 2.59. The minimum atomic E-state index is -4.45. The second kappa shape index (κ2) is 8.61. The van der Waals surface area contributed by atoms with Gasteiger partial charge >= 0.3 is 5.51 Å². The summed E-state index contributed by atoms with van der Waals surface area (Å²) in [5.74, 6) is -0.673. The van der Waals surface area contributed by atoms with Crippen LogP contribution < -0.4 is 14.8 Å². The van der Waals surface area contributed by atoms with Crippen molar-refractivity contribution in [2.24, 2.45) is 0 Å². The Balaban J connectivity index is 2.02. The number of thioether (sulfide) groups is 1. The van der Waals surface area contributed by atoms with E-state index in [9.17, 15) is 18.0 Å². The Morgan fingerprint density at radius 3 is 2.56 bits per heavy atom. The van der Waals surface area contributed by atoms with Gasteiger partial charge in [0.15, 0.2) is 11.5 Å². The lowest BCUT2D eigenvalue weighted by molar-refractivity contribution is -0.114. The fourth-order valence-electron chi connectivity index (χ4n) is 1.85. The zero-order valence-electron chi connectivity index (χ0n) is 13.2. The molecular formula is C16H15F3N2O3S. The molecule has 0 spiro atoms. The van der Waals surface area contributed by atoms with Gasteiger partial charge in [-0.2, -0.15) is 13.2 Å². The van der Waals surface area contributed by atoms with Crippen LogP contribution in [0.3, 0.4) is 0 Å². The summed E-state index contributed by atoms with van der Waals surface area (Å²) in [4.78, 5) is 15.5. The maximum atomic E-state index is 12.1. The molecule has 2 rings (SSSR count). The van der Waals surface area contributed by atoms with Gasteiger partial charge in [0.1, 0.15) is 6.61 Å². The standard InChI is InChI=1S/C16H15F3N2O3S/c1-23-13-3-2-12(21-15(22)10-25-16(17,18)19)8-14(13)24-9-11-4-6-20-7-5-11/h2-8H,9-10H2,1H3,(H,21,22). The summed E-state index contributed by atoms with van der Waals surface area (Å²) >= 11 is -0.394. The van der Waals surface area contributed by atoms with E-state index < -0.39 is 28.9 Å². The van der Waals surface area contributed by atoms with E-state index in [1.165, 1.54) is 19.2 Å². The van der Waals surface area contributed by atoms with Crippen molar-refractivity contribution in [2.45, 2.75) is 12.1 Å². The Labute approximate surface area is 146 Å². The van der Waals surface area contributed by atoms with Gasteiger partial charge in [0, 0.05) is 24.1 Å². The van der Waals surface area contributed by atoms with E-state index in [-0.39, 0.29) is 6.61 Å². The number of aromatic nitrogens is 1. The van der Waals surface area contributed by atoms with Crippen LogP contribution in [-0.4, -0.2) is 29.3 Å². The van der Waals surface area contributed by atoms with E-state index >= 15 is 0 Å². The predicted molar refractivity (Wildman–Crippen MR) is 88.7 cm³/mol. The molecule has 2 aromatic rings. The van der Waals surface area contributed by atoms with Crippen LogP contribution in [0, 0.1) is 0 Å². The molecule has 1 aromatic heterocycles. The molecule has 25 heavy (non-hydrogen) atoms. The van der Waals surface area contributed by atoms with Crippen LogP contribution in [0.4, 0.5) is 18.9 Å². The van der Waals surface area contributed by atoms with Gasteiger partial charge in [-0.1, -0.05) is 0 Å². The lowest BCUT2D eigenvalue weighted by atomic mass is 10.2. The van der Waals surface area contributed by atoms with E-state index in [1.54, 1.807) is 30.6 Å². The highest BCUT2D eigenvalue weighted by atomic mass is 32.2. The summed E-state index contributed by atoms with van der Waals surface area (Å²) in [7, 11) is 1.47. The predicted octanol–water partition coefficient (Wildman–Crippen LogP) is 3.86. The van der Waals surface area contributed by atoms with Crippen molar-refractivity contribution >= 4 is 23.4 Å². The van der Waals surface area contributed by atoms with Crippen LogP contribution in [0.5, 0.6) is 11.5 Å². The normalized spacial score (nSPS) is 11.0. The number of carbonyl (C=O) groups excluding carboxylic acids is 1. The largest absolute Gasteiger partial charge is 0.493 e. The van der Waals surface area contributed by atoms with Crippen molar-refractivity contribution in [1.29, 1.82) is 0 Å². The topological polar surface area (TPSA) is 60.5 Å². The first-order valence-electron chi connectivity index (χ1n) is 7.07. The van der Waals surface area contributed by atoms with Crippen molar-refractivity contribution < 1.29 is 27.4 Å². The third-order valence-corrected chi connectivity index (χ3v) is 3.69. The molecule has 9 heteroatoms. The summed E-state index contributed by atoms with van der Waals surface area (Å²) in [6.45, 7) is 0.250. The molecule has 1 amide bonds. The van der Waals surface area contributed by atoms with Crippen molar-refractivity contribution in [3.8, 4) is 11.5 Å². The highest BCUT2D eigenvalue weighted by Gasteiger charge is 2.29. The van der Waals surface area contributed by atoms with Crippen LogP contribution in [0.25, 0.3) is 0 Å². The Hall–Kier alpha value is -2.42. The molecule has 5 nitrogen and oxygen atoms in total. The van der Waals surface area contributed by atoms with Gasteiger partial charge in [0.25, 0.3) is 0 Å². The molecule has 1 aromatic carbocycles. The molecule has 0 aliphatic heterocycles. The third-order valence-electron chi connectivity index (χ3n) is 2.96. The maximum Gasteiger partial charge on any atom is 0.442 e. The van der Waals surface area contributed by atoms with Crippen molar-refractivity contribution in [3.63, 3.8) is 0 Å². The maximum absolute atomic E-state index is 12.1. The van der Waals surface area contributed by atoms with Crippen LogP contribution >= 0.6 is 11.8 Å². The summed E-state index contributed by atoms with van der Waals surface area (Å²) in [6.07, 6.45) is 3.26. The van der Waals surface area contributed by atoms with Gasteiger partial charge in [0.05, 0.1) is 12.9 Å². The number of hydrogen-bond acceptors (Lipinski definition) is 5. The molecule has 0 bridgehead atoms. The first kappa shape index (κ1) is 18.9. The van der Waals surface area contributed by atoms with Gasteiger partial charge in [-0.3, -0.25) is 9.78 Å². The molecule has 1 N–H and O–H groups in total. The zero-order valence-corrected chi connectivity index (χ0v) is 14.0. The number of pyridine rings is 1. The van der Waals surface area contributed by atoms with Crippen molar-refractivity contribution in [3.05, 3.63) is 48.3 Å². The van der Waals surface area contributed by atoms with Gasteiger partial charge < -0.3 is 14.8 Å². The van der Waals surface area contributed by atoms with Gasteiger partial charge in [-0.05, 0) is 41.6 Å². The number of benzene rings is 1. The van der Waals surface area contributed by atoms with Crippen LogP contribution in [0.1, 0.15) is 5.56 Å². The number of nitrogens with zero attached hydrogens (tertiary/aromatic N) is 1. The second-order valence-corrected chi connectivity index (χ2v) is 5.83. The molecule has 134 valence electrons. The highest BCUT2D eigenvalue weighted by Crippen LogP contribution is 2.32. The van der Waals surface area contributed by atoms with Crippen molar-refractivity contribution in [1.82, 2.24) is 4.98 Å². The van der Waals surface area contributed by atoms with Crippen LogP contribution in [0.15, 0.2) is 42.7 Å². The number of anilines is 1. The summed E-state index contributed by atoms with van der Waals surface area (Å²) in [5.41, 5.74) is -3.25. The number of amides is 1. The Kier molecular flexibility index (Phi) is 6.51. The SMILES string of the molecule is COc1ccc(NC(=O)CSC(F)(F)F)cc1OCc1ccncc1. The zero-order chi connectivity index (χ0) is 18.3. The number of alkyl halides is 3. The Morgan fingerprint density at radius 2 is 1.92 bits per heavy atom. The quantitative estimate of drug-likeness (QED) is 0.800. The number of rotatable bonds is 7. The smallest absolute Gasteiger partial charge is 0.442 e. The highest BCUT2D eigenvalue weighted by molar-refractivity contribution is 8.00. The molecule has 1 heterocycles. The number of ether oxygens (including phenoxy) is 2. The first-order chi connectivity index (χ1) is 11.9. The number of hydrogen-bond donors (Lipinski definition) is 1. The molecule has 0 saturated carbocycles. The van der Waals surface area contributed by atoms with Crippen LogP contribution in [0.2, 0.25) is 0 Å². The van der Waals surface area contributed by atoms with E-state index in [2.05, 4.69) is 10.3 Å². The number of methoxy groups -OCH3 is 1. The van der Waals surface area contributed by atoms with Gasteiger partial charge in [0.2, 0.25) is 5.91 Å². The van der Waals surface area contributed by atoms with E-state index in [0.29, 0.717) is 17.2 Å². The number of halogens is 3.